The van der Waals surface area contributed by atoms with Crippen LogP contribution in [0.4, 0.5) is 30.6 Å². The number of halogens is 3. The first-order valence-electron chi connectivity index (χ1n) is 14.2. The van der Waals surface area contributed by atoms with Gasteiger partial charge in [0, 0.05) is 37.8 Å². The highest BCUT2D eigenvalue weighted by atomic mass is 19.1. The molecular weight excluding hydrogens is 533 g/mol. The lowest BCUT2D eigenvalue weighted by atomic mass is 10.0. The van der Waals surface area contributed by atoms with Gasteiger partial charge < -0.3 is 15.4 Å². The van der Waals surface area contributed by atoms with Crippen molar-refractivity contribution in [1.82, 2.24) is 19.5 Å². The monoisotopic (exact) mass is 574 g/mol. The third-order valence-electron chi connectivity index (χ3n) is 7.20. The van der Waals surface area contributed by atoms with Gasteiger partial charge in [-0.2, -0.15) is 15.2 Å². The minimum atomic E-state index is -0.990. The van der Waals surface area contributed by atoms with Gasteiger partial charge in [-0.05, 0) is 56.5 Å². The number of aromatic nitrogens is 3. The van der Waals surface area contributed by atoms with Crippen molar-refractivity contribution >= 4 is 23.0 Å². The van der Waals surface area contributed by atoms with Crippen molar-refractivity contribution in [2.75, 3.05) is 57.3 Å². The zero-order valence-corrected chi connectivity index (χ0v) is 24.4. The molecule has 0 radical (unpaired) electrons. The summed E-state index contributed by atoms with van der Waals surface area (Å²) in [7, 11) is 1.83. The summed E-state index contributed by atoms with van der Waals surface area (Å²) >= 11 is 0. The van der Waals surface area contributed by atoms with E-state index in [9.17, 15) is 13.2 Å². The van der Waals surface area contributed by atoms with Crippen LogP contribution >= 0.6 is 0 Å². The lowest BCUT2D eigenvalue weighted by molar-refractivity contribution is -0.0794. The quantitative estimate of drug-likeness (QED) is 0.304. The van der Waals surface area contributed by atoms with Gasteiger partial charge in [0.1, 0.15) is 11.7 Å². The first-order chi connectivity index (χ1) is 19.7. The first kappa shape index (κ1) is 30.7. The number of nitrogens with one attached hydrogen (secondary N) is 2. The van der Waals surface area contributed by atoms with E-state index in [1.165, 1.54) is 6.92 Å². The lowest BCUT2D eigenvalue weighted by Crippen LogP contribution is -2.57. The molecule has 2 N–H and O–H groups in total. The van der Waals surface area contributed by atoms with Crippen molar-refractivity contribution in [2.24, 2.45) is 16.1 Å². The molecule has 0 bridgehead atoms. The van der Waals surface area contributed by atoms with Crippen LogP contribution in [0.5, 0.6) is 0 Å². The van der Waals surface area contributed by atoms with E-state index in [-0.39, 0.29) is 12.1 Å². The zero-order chi connectivity index (χ0) is 29.5. The fraction of sp³-hybridized carbons (Fsp3) is 0.586. The Morgan fingerprint density at radius 2 is 1.90 bits per heavy atom. The van der Waals surface area contributed by atoms with E-state index in [0.717, 1.165) is 34.4 Å². The number of anilines is 2. The topological polar surface area (TPSA) is 91.4 Å². The van der Waals surface area contributed by atoms with Gasteiger partial charge >= 0.3 is 0 Å². The molecule has 41 heavy (non-hydrogen) atoms. The van der Waals surface area contributed by atoms with Crippen LogP contribution < -0.4 is 10.6 Å². The molecule has 4 heterocycles. The van der Waals surface area contributed by atoms with Crippen LogP contribution in [0.2, 0.25) is 0 Å². The molecule has 3 aromatic rings. The number of fused-ring (bicyclic) bond motifs is 1. The highest BCUT2D eigenvalue weighted by molar-refractivity contribution is 5.89. The molecule has 1 aromatic carbocycles. The molecule has 2 aliphatic rings. The Balaban J connectivity index is 0.000000585. The highest BCUT2D eigenvalue weighted by Crippen LogP contribution is 2.33. The Morgan fingerprint density at radius 3 is 2.46 bits per heavy atom. The number of hydrogen-bond acceptors (Lipinski definition) is 8. The maximum atomic E-state index is 15.0. The van der Waals surface area contributed by atoms with E-state index in [2.05, 4.69) is 41.9 Å². The number of alkyl halides is 3. The molecule has 0 saturated carbocycles. The van der Waals surface area contributed by atoms with Gasteiger partial charge in [-0.25, -0.2) is 8.91 Å². The predicted molar refractivity (Wildman–Crippen MR) is 157 cm³/mol. The Hall–Kier alpha value is -3.25. The zero-order valence-electron chi connectivity index (χ0n) is 24.4. The molecule has 5 rings (SSSR count). The number of nitrogens with zero attached hydrogens (tertiary/aromatic N) is 6. The molecule has 12 heteroatoms. The Labute approximate surface area is 239 Å². The number of aryl methyl sites for hydroxylation is 1. The van der Waals surface area contributed by atoms with Gasteiger partial charge in [0.25, 0.3) is 0 Å². The third kappa shape index (κ3) is 7.53. The number of piperidine rings is 1. The molecule has 2 atom stereocenters. The van der Waals surface area contributed by atoms with Crippen molar-refractivity contribution in [3.05, 3.63) is 36.0 Å². The van der Waals surface area contributed by atoms with E-state index >= 15 is 0 Å². The average molecular weight is 575 g/mol. The van der Waals surface area contributed by atoms with Gasteiger partial charge in [0.05, 0.1) is 50.4 Å². The third-order valence-corrected chi connectivity index (χ3v) is 7.20. The van der Waals surface area contributed by atoms with Gasteiger partial charge in [-0.15, -0.1) is 5.10 Å². The fourth-order valence-electron chi connectivity index (χ4n) is 4.67. The van der Waals surface area contributed by atoms with Crippen molar-refractivity contribution in [3.63, 3.8) is 0 Å². The molecule has 224 valence electrons. The Bertz CT molecular complexity index is 1310. The summed E-state index contributed by atoms with van der Waals surface area (Å²) in [6, 6.07) is 8.34. The van der Waals surface area contributed by atoms with E-state index in [1.807, 2.05) is 52.2 Å². The molecule has 2 aromatic heterocycles. The van der Waals surface area contributed by atoms with Gasteiger partial charge in [0.15, 0.2) is 5.82 Å². The highest BCUT2D eigenvalue weighted by Gasteiger charge is 2.35. The number of ether oxygens (including phenoxy) is 1. The fourth-order valence-corrected chi connectivity index (χ4v) is 4.67. The minimum Gasteiger partial charge on any atom is -0.378 e. The average Bonchev–Trinajstić information content (AvgIpc) is 3.36. The number of rotatable bonds is 9. The van der Waals surface area contributed by atoms with Crippen LogP contribution in [0.25, 0.3) is 16.6 Å². The van der Waals surface area contributed by atoms with Crippen LogP contribution in [-0.4, -0.2) is 90.5 Å². The second kappa shape index (κ2) is 14.1. The largest absolute Gasteiger partial charge is 0.378 e. The number of benzene rings is 1. The molecule has 0 aliphatic carbocycles. The molecule has 2 saturated heterocycles. The van der Waals surface area contributed by atoms with Gasteiger partial charge in [-0.3, -0.25) is 13.7 Å². The second-order valence-electron chi connectivity index (χ2n) is 11.0. The van der Waals surface area contributed by atoms with Crippen molar-refractivity contribution in [1.29, 1.82) is 0 Å². The van der Waals surface area contributed by atoms with E-state index in [0.29, 0.717) is 44.0 Å². The maximum Gasteiger partial charge on any atom is 0.243 e. The smallest absolute Gasteiger partial charge is 0.243 e. The van der Waals surface area contributed by atoms with Crippen LogP contribution in [0.15, 0.2) is 40.7 Å². The normalized spacial score (nSPS) is 20.0. The summed E-state index contributed by atoms with van der Waals surface area (Å²) in [6.07, 6.45) is 1.62. The number of likely N-dealkylation sites (tertiary alicyclic amines) is 1. The Morgan fingerprint density at radius 1 is 1.15 bits per heavy atom. The molecule has 2 aliphatic heterocycles. The van der Waals surface area contributed by atoms with Crippen LogP contribution in [-0.2, 0) is 4.74 Å². The predicted octanol–water partition coefficient (Wildman–Crippen LogP) is 6.02. The standard InChI is InChI=1S/C25H33FN8O.C4H8F2/c1-15(2)30-31-21-6-5-17(11-16(21)3)19-7-10-34-23(19)24(27-4)29-25(32-34)28-22-8-9-33(12-20(22)26)18-13-35-14-18;1-4(2-5)3-6/h5-7,10-11,15,18,20,22H,8-9,12-14H2,1-4H3,(H2,27,28,29,32);4H,2-3H2,1H3. The van der Waals surface area contributed by atoms with Crippen LogP contribution in [0, 0.1) is 12.8 Å². The number of hydrogen-bond donors (Lipinski definition) is 2. The minimum absolute atomic E-state index is 0.153. The maximum absolute atomic E-state index is 15.0. The summed E-state index contributed by atoms with van der Waals surface area (Å²) in [4.78, 5) is 6.87. The Kier molecular flexibility index (Phi) is 10.5. The molecular formula is C29H41F3N8O. The van der Waals surface area contributed by atoms with E-state index in [1.54, 1.807) is 4.52 Å². The summed E-state index contributed by atoms with van der Waals surface area (Å²) in [5.74, 6) is 0.700. The van der Waals surface area contributed by atoms with Crippen molar-refractivity contribution in [3.8, 4) is 11.1 Å². The first-order valence-corrected chi connectivity index (χ1v) is 14.2. The van der Waals surface area contributed by atoms with Crippen LogP contribution in [0.3, 0.4) is 0 Å². The SMILES string of the molecule is CC(CF)CF.CNc1nc(NC2CCN(C3COC3)CC2F)nn2ccc(-c3ccc(N=NC(C)C)c(C)c3)c12. The van der Waals surface area contributed by atoms with E-state index in [4.69, 9.17) is 4.74 Å². The van der Waals surface area contributed by atoms with Gasteiger partial charge in [0.2, 0.25) is 5.95 Å². The molecule has 9 nitrogen and oxygen atoms in total. The van der Waals surface area contributed by atoms with Gasteiger partial charge in [-0.1, -0.05) is 13.0 Å². The second-order valence-corrected chi connectivity index (χ2v) is 11.0. The summed E-state index contributed by atoms with van der Waals surface area (Å²) < 4.78 is 44.3. The van der Waals surface area contributed by atoms with Crippen LogP contribution in [0.1, 0.15) is 32.8 Å². The summed E-state index contributed by atoms with van der Waals surface area (Å²) in [6.45, 7) is 9.14. The molecule has 2 fully saturated rings. The molecule has 2 unspecified atom stereocenters. The summed E-state index contributed by atoms with van der Waals surface area (Å²) in [5, 5.41) is 19.7. The van der Waals surface area contributed by atoms with Crippen molar-refractivity contribution < 1.29 is 17.9 Å². The lowest BCUT2D eigenvalue weighted by Gasteiger charge is -2.42. The van der Waals surface area contributed by atoms with Crippen molar-refractivity contribution in [2.45, 2.75) is 58.4 Å². The number of azo groups is 1. The molecule has 0 amide bonds. The molecule has 0 spiro atoms. The van der Waals surface area contributed by atoms with E-state index < -0.39 is 25.4 Å². The summed E-state index contributed by atoms with van der Waals surface area (Å²) in [5.41, 5.74) is 4.83.